The fourth-order valence-electron chi connectivity index (χ4n) is 7.60. The van der Waals surface area contributed by atoms with Crippen LogP contribution in [0.4, 0.5) is 0 Å². The Kier molecular flexibility index (Phi) is 8.89. The largest absolute Gasteiger partial charge is 0.478 e. The summed E-state index contributed by atoms with van der Waals surface area (Å²) in [4.78, 5) is 34.9. The zero-order chi connectivity index (χ0) is 30.1. The first-order chi connectivity index (χ1) is 20.0. The van der Waals surface area contributed by atoms with Gasteiger partial charge >= 0.3 is 17.9 Å². The molecule has 1 aliphatic heterocycles. The molecule has 6 rings (SSSR count). The van der Waals surface area contributed by atoms with E-state index < -0.39 is 11.9 Å². The van der Waals surface area contributed by atoms with Gasteiger partial charge in [0.25, 0.3) is 0 Å². The van der Waals surface area contributed by atoms with Crippen molar-refractivity contribution in [2.75, 3.05) is 13.6 Å². The second-order valence-corrected chi connectivity index (χ2v) is 12.5. The second-order valence-electron chi connectivity index (χ2n) is 12.5. The number of aliphatic carboxylic acids is 2. The highest BCUT2D eigenvalue weighted by molar-refractivity contribution is 5.99. The summed E-state index contributed by atoms with van der Waals surface area (Å²) >= 11 is 0. The van der Waals surface area contributed by atoms with Gasteiger partial charge in [0, 0.05) is 53.8 Å². The smallest absolute Gasteiger partial charge is 0.328 e. The monoisotopic (exact) mass is 578 g/mol. The van der Waals surface area contributed by atoms with E-state index in [1.165, 1.54) is 27.6 Å². The Morgan fingerprint density at radius 1 is 1.00 bits per heavy atom. The number of hydrogen-bond acceptors (Lipinski definition) is 6. The number of carbonyl (C=O) groups is 3. The number of nitrogens with zero attached hydrogens (tertiary/aromatic N) is 2. The molecule has 42 heavy (non-hydrogen) atoms. The van der Waals surface area contributed by atoms with Gasteiger partial charge in [0.15, 0.2) is 0 Å². The molecule has 3 aliphatic carbocycles. The Morgan fingerprint density at radius 3 is 2.38 bits per heavy atom. The van der Waals surface area contributed by atoms with E-state index in [-0.39, 0.29) is 24.1 Å². The summed E-state index contributed by atoms with van der Waals surface area (Å²) in [5.41, 5.74) is 5.27. The maximum absolute atomic E-state index is 13.5. The summed E-state index contributed by atoms with van der Waals surface area (Å²) < 4.78 is 8.61. The van der Waals surface area contributed by atoms with Crippen molar-refractivity contribution in [2.24, 2.45) is 17.8 Å². The van der Waals surface area contributed by atoms with Crippen LogP contribution in [-0.4, -0.2) is 74.5 Å². The van der Waals surface area contributed by atoms with Crippen LogP contribution < -0.4 is 0 Å². The van der Waals surface area contributed by atoms with E-state index >= 15 is 0 Å². The summed E-state index contributed by atoms with van der Waals surface area (Å²) in [6.07, 6.45) is 12.5. The maximum atomic E-state index is 13.5. The number of rotatable bonds is 5. The third-order valence-electron chi connectivity index (χ3n) is 9.50. The number of benzene rings is 1. The Morgan fingerprint density at radius 2 is 1.69 bits per heavy atom. The number of aromatic nitrogens is 1. The minimum absolute atomic E-state index is 0.0379. The molecule has 0 amide bonds. The van der Waals surface area contributed by atoms with Crippen molar-refractivity contribution in [3.63, 3.8) is 0 Å². The van der Waals surface area contributed by atoms with Gasteiger partial charge < -0.3 is 24.6 Å². The van der Waals surface area contributed by atoms with Gasteiger partial charge in [-0.05, 0) is 88.1 Å². The lowest BCUT2D eigenvalue weighted by Gasteiger charge is -2.44. The quantitative estimate of drug-likeness (QED) is 0.345. The highest BCUT2D eigenvalue weighted by Crippen LogP contribution is 2.44. The summed E-state index contributed by atoms with van der Waals surface area (Å²) in [6.45, 7) is 5.17. The number of carboxylic acids is 2. The van der Waals surface area contributed by atoms with E-state index in [4.69, 9.17) is 14.9 Å². The molecule has 0 spiro atoms. The standard InChI is InChI=1S/C29H38N2O3.C4H4O4/c1-17(2)31-16-18-14-25-23(22-9-4-10-24(31)28(18)22)13-19(15-30(25)3)29(33)34-27-12-6-7-20-21(27)8-5-11-26(20)32;5-3(6)1-2-4(7)8/h4,9-10,13,16-17,19-21,25-27,32H,5-8,11-12,14-15H2,1-3H3;1-2H,(H,5,6)(H,7,8)/b;2-1-/t19-,20?,21?,25-,26?,27?;/m1./s1. The van der Waals surface area contributed by atoms with Crippen molar-refractivity contribution in [1.82, 2.24) is 9.47 Å². The minimum Gasteiger partial charge on any atom is -0.478 e. The molecule has 4 unspecified atom stereocenters. The number of aliphatic hydroxyl groups excluding tert-OH is 1. The Balaban J connectivity index is 0.000000390. The summed E-state index contributed by atoms with van der Waals surface area (Å²) in [5, 5.41) is 27.5. The van der Waals surface area contributed by atoms with Gasteiger partial charge in [-0.1, -0.05) is 24.6 Å². The van der Waals surface area contributed by atoms with E-state index in [1.807, 2.05) is 0 Å². The molecular formula is C33H42N2O7. The van der Waals surface area contributed by atoms with Crippen LogP contribution in [0.1, 0.15) is 69.5 Å². The SMILES string of the molecule is CC(C)n1cc2c3c(cccc31)C1=C[C@@H](C(=O)OC3CCCC4C(O)CCCC34)CN(C)[C@@H]1C2.O=C(O)/C=C\C(=O)O. The highest BCUT2D eigenvalue weighted by atomic mass is 16.5. The van der Waals surface area contributed by atoms with Crippen LogP contribution in [0.3, 0.4) is 0 Å². The summed E-state index contributed by atoms with van der Waals surface area (Å²) in [7, 11) is 2.15. The van der Waals surface area contributed by atoms with Gasteiger partial charge in [-0.15, -0.1) is 0 Å². The normalized spacial score (nSPS) is 28.8. The fraction of sp³-hybridized carbons (Fsp3) is 0.545. The zero-order valence-electron chi connectivity index (χ0n) is 24.6. The van der Waals surface area contributed by atoms with Crippen molar-refractivity contribution in [1.29, 1.82) is 0 Å². The molecule has 2 fully saturated rings. The van der Waals surface area contributed by atoms with Gasteiger partial charge in [0.1, 0.15) is 6.10 Å². The van der Waals surface area contributed by atoms with E-state index in [1.54, 1.807) is 0 Å². The van der Waals surface area contributed by atoms with Gasteiger partial charge in [-0.25, -0.2) is 9.59 Å². The van der Waals surface area contributed by atoms with E-state index in [0.717, 1.165) is 44.9 Å². The van der Waals surface area contributed by atoms with Gasteiger partial charge in [-0.3, -0.25) is 9.69 Å². The summed E-state index contributed by atoms with van der Waals surface area (Å²) in [6, 6.07) is 7.32. The molecule has 9 heteroatoms. The Labute approximate surface area is 246 Å². The van der Waals surface area contributed by atoms with Crippen molar-refractivity contribution in [2.45, 2.75) is 83.1 Å². The molecule has 0 bridgehead atoms. The molecule has 6 atom stereocenters. The van der Waals surface area contributed by atoms with Crippen LogP contribution in [0.15, 0.2) is 42.6 Å². The first-order valence-electron chi connectivity index (χ1n) is 15.1. The van der Waals surface area contributed by atoms with Crippen LogP contribution >= 0.6 is 0 Å². The van der Waals surface area contributed by atoms with E-state index in [9.17, 15) is 19.5 Å². The Hall–Kier alpha value is -3.43. The number of esters is 1. The molecule has 4 aliphatic rings. The number of hydrogen-bond donors (Lipinski definition) is 3. The number of carbonyl (C=O) groups excluding carboxylic acids is 1. The third kappa shape index (κ3) is 6.03. The molecular weight excluding hydrogens is 536 g/mol. The van der Waals surface area contributed by atoms with Crippen molar-refractivity contribution < 1.29 is 34.4 Å². The van der Waals surface area contributed by atoms with Gasteiger partial charge in [-0.2, -0.15) is 0 Å². The number of likely N-dealkylation sites (N-methyl/N-ethyl adjacent to an activating group) is 1. The van der Waals surface area contributed by atoms with Crippen LogP contribution in [-0.2, 0) is 25.5 Å². The predicted octanol–water partition coefficient (Wildman–Crippen LogP) is 4.68. The minimum atomic E-state index is -1.26. The van der Waals surface area contributed by atoms with Crippen molar-refractivity contribution >= 4 is 34.4 Å². The molecule has 9 nitrogen and oxygen atoms in total. The molecule has 226 valence electrons. The average molecular weight is 579 g/mol. The topological polar surface area (TPSA) is 129 Å². The molecule has 2 saturated carbocycles. The fourth-order valence-corrected chi connectivity index (χ4v) is 7.60. The lowest BCUT2D eigenvalue weighted by molar-refractivity contribution is -0.163. The van der Waals surface area contributed by atoms with Crippen LogP contribution in [0.5, 0.6) is 0 Å². The first-order valence-corrected chi connectivity index (χ1v) is 15.1. The van der Waals surface area contributed by atoms with Crippen molar-refractivity contribution in [3.8, 4) is 0 Å². The predicted molar refractivity (Wildman–Crippen MR) is 159 cm³/mol. The van der Waals surface area contributed by atoms with Crippen molar-refractivity contribution in [3.05, 3.63) is 53.8 Å². The Bertz CT molecular complexity index is 1390. The molecule has 0 radical (unpaired) electrons. The lowest BCUT2D eigenvalue weighted by atomic mass is 9.68. The molecule has 2 aromatic rings. The zero-order valence-corrected chi connectivity index (χ0v) is 24.6. The second kappa shape index (κ2) is 12.4. The summed E-state index contributed by atoms with van der Waals surface area (Å²) in [5.74, 6) is -2.21. The third-order valence-corrected chi connectivity index (χ3v) is 9.50. The molecule has 0 saturated heterocycles. The number of aliphatic hydroxyl groups is 1. The molecule has 1 aromatic heterocycles. The highest BCUT2D eigenvalue weighted by Gasteiger charge is 2.43. The number of carboxylic acid groups (broad SMARTS) is 2. The average Bonchev–Trinajstić information content (AvgIpc) is 3.33. The number of ether oxygens (including phenoxy) is 1. The first kappa shape index (κ1) is 30.0. The van der Waals surface area contributed by atoms with Crippen LogP contribution in [0.25, 0.3) is 16.5 Å². The number of fused-ring (bicyclic) bond motifs is 3. The molecule has 3 N–H and O–H groups in total. The van der Waals surface area contributed by atoms with Crippen LogP contribution in [0.2, 0.25) is 0 Å². The van der Waals surface area contributed by atoms with Gasteiger partial charge in [0.2, 0.25) is 0 Å². The van der Waals surface area contributed by atoms with Crippen LogP contribution in [0, 0.1) is 17.8 Å². The lowest BCUT2D eigenvalue weighted by Crippen LogP contribution is -2.47. The molecule has 2 heterocycles. The molecule has 1 aromatic carbocycles. The van der Waals surface area contributed by atoms with E-state index in [2.05, 4.69) is 60.8 Å². The van der Waals surface area contributed by atoms with E-state index in [0.29, 0.717) is 42.6 Å². The maximum Gasteiger partial charge on any atom is 0.328 e. The van der Waals surface area contributed by atoms with Gasteiger partial charge in [0.05, 0.1) is 12.0 Å².